The van der Waals surface area contributed by atoms with Crippen LogP contribution in [0.15, 0.2) is 122 Å². The highest BCUT2D eigenvalue weighted by atomic mass is 16.6. The van der Waals surface area contributed by atoms with Gasteiger partial charge in [-0.3, -0.25) is 14.4 Å². The molecule has 0 heterocycles. The molecule has 6 nitrogen and oxygen atoms in total. The van der Waals surface area contributed by atoms with E-state index in [0.717, 1.165) is 103 Å². The quantitative estimate of drug-likeness (QED) is 0.0262. The van der Waals surface area contributed by atoms with Gasteiger partial charge in [-0.15, -0.1) is 0 Å². The highest BCUT2D eigenvalue weighted by Crippen LogP contribution is 2.13. The number of carbonyl (C=O) groups is 3. The van der Waals surface area contributed by atoms with Crippen LogP contribution < -0.4 is 0 Å². The summed E-state index contributed by atoms with van der Waals surface area (Å²) in [7, 11) is 0. The van der Waals surface area contributed by atoms with Gasteiger partial charge >= 0.3 is 17.9 Å². The molecule has 0 saturated carbocycles. The fourth-order valence-electron chi connectivity index (χ4n) is 6.92. The number of allylic oxidation sites excluding steroid dienone is 20. The maximum Gasteiger partial charge on any atom is 0.306 e. The maximum atomic E-state index is 12.8. The number of carbonyl (C=O) groups excluding carboxylic acids is 3. The molecule has 0 unspecified atom stereocenters. The number of rotatable bonds is 47. The van der Waals surface area contributed by atoms with Crippen LogP contribution in [0.25, 0.3) is 0 Å². The third-order valence-corrected chi connectivity index (χ3v) is 11.0. The molecule has 0 aromatic heterocycles. The second-order valence-electron chi connectivity index (χ2n) is 17.4. The summed E-state index contributed by atoms with van der Waals surface area (Å²) in [6, 6.07) is 0. The predicted octanol–water partition coefficient (Wildman–Crippen LogP) is 18.1. The fraction of sp³-hybridized carbons (Fsp3) is 0.623. The standard InChI is InChI=1S/C61H98O6/c1-4-7-10-13-16-19-22-24-26-28-30-32-34-36-39-42-45-48-51-54-60(63)66-57-58(56-65-59(62)53-50-47-44-41-38-21-18-15-12-9-6-3)67-61(64)55-52-49-46-43-40-37-35-33-31-29-27-25-23-20-17-14-11-8-5-2/h7,10,16-17,19-20,24-27,30-33,36-37,39-40,46,49,58H,4-6,8-9,11-15,18,21-23,28-29,34-35,38,41-45,47-48,50-57H2,1-3H3/b10-7-,19-16-,20-17-,26-24-,27-25-,32-30-,33-31-,39-36-,40-37-,49-46-/t58-/m0/s1. The smallest absolute Gasteiger partial charge is 0.306 e. The van der Waals surface area contributed by atoms with E-state index in [1.165, 1.54) is 77.0 Å². The van der Waals surface area contributed by atoms with Gasteiger partial charge < -0.3 is 14.2 Å². The molecule has 0 amide bonds. The topological polar surface area (TPSA) is 78.9 Å². The van der Waals surface area contributed by atoms with Crippen molar-refractivity contribution >= 4 is 17.9 Å². The van der Waals surface area contributed by atoms with Crippen LogP contribution in [-0.4, -0.2) is 37.2 Å². The second-order valence-corrected chi connectivity index (χ2v) is 17.4. The zero-order valence-electron chi connectivity index (χ0n) is 43.1. The summed E-state index contributed by atoms with van der Waals surface area (Å²) in [6.07, 6.45) is 74.8. The molecule has 0 radical (unpaired) electrons. The Bertz CT molecular complexity index is 1440. The van der Waals surface area contributed by atoms with E-state index >= 15 is 0 Å². The van der Waals surface area contributed by atoms with Gasteiger partial charge in [-0.25, -0.2) is 0 Å². The minimum absolute atomic E-state index is 0.120. The van der Waals surface area contributed by atoms with Crippen molar-refractivity contribution in [3.63, 3.8) is 0 Å². The van der Waals surface area contributed by atoms with E-state index in [4.69, 9.17) is 14.2 Å². The van der Waals surface area contributed by atoms with E-state index in [2.05, 4.69) is 130 Å². The van der Waals surface area contributed by atoms with Crippen LogP contribution in [0.4, 0.5) is 0 Å². The molecule has 0 aliphatic heterocycles. The molecule has 0 N–H and O–H groups in total. The third kappa shape index (κ3) is 52.6. The van der Waals surface area contributed by atoms with Gasteiger partial charge in [0.2, 0.25) is 0 Å². The molecule has 0 aromatic rings. The van der Waals surface area contributed by atoms with Gasteiger partial charge in [0.25, 0.3) is 0 Å². The largest absolute Gasteiger partial charge is 0.462 e. The fourth-order valence-corrected chi connectivity index (χ4v) is 6.92. The van der Waals surface area contributed by atoms with Crippen molar-refractivity contribution in [3.8, 4) is 0 Å². The SMILES string of the molecule is CC/C=C\C/C=C\C/C=C\C/C=C\C/C=C\CCCCCC(=O)OC[C@H](COC(=O)CCCCCCCCCCCCC)OC(=O)CC/C=C\C/C=C\C/C=C\C/C=C\C/C=C\CCCCC. The lowest BCUT2D eigenvalue weighted by Gasteiger charge is -2.18. The first-order valence-corrected chi connectivity index (χ1v) is 27.0. The molecule has 0 saturated heterocycles. The Morgan fingerprint density at radius 3 is 1.00 bits per heavy atom. The first-order chi connectivity index (χ1) is 33.0. The van der Waals surface area contributed by atoms with Crippen LogP contribution >= 0.6 is 0 Å². The Morgan fingerprint density at radius 2 is 0.612 bits per heavy atom. The molecule has 0 spiro atoms. The molecule has 0 aliphatic rings. The molecule has 0 bridgehead atoms. The van der Waals surface area contributed by atoms with E-state index in [0.29, 0.717) is 19.3 Å². The summed E-state index contributed by atoms with van der Waals surface area (Å²) < 4.78 is 16.7. The van der Waals surface area contributed by atoms with Crippen molar-refractivity contribution in [2.75, 3.05) is 13.2 Å². The summed E-state index contributed by atoms with van der Waals surface area (Å²) in [4.78, 5) is 38.0. The van der Waals surface area contributed by atoms with E-state index in [1.54, 1.807) is 0 Å². The van der Waals surface area contributed by atoms with Crippen LogP contribution in [0.5, 0.6) is 0 Å². The van der Waals surface area contributed by atoms with Gasteiger partial charge in [0.05, 0.1) is 0 Å². The van der Waals surface area contributed by atoms with Gasteiger partial charge in [0.1, 0.15) is 13.2 Å². The van der Waals surface area contributed by atoms with E-state index in [1.807, 2.05) is 12.2 Å². The molecule has 67 heavy (non-hydrogen) atoms. The summed E-state index contributed by atoms with van der Waals surface area (Å²) in [5.41, 5.74) is 0. The lowest BCUT2D eigenvalue weighted by Crippen LogP contribution is -2.30. The zero-order chi connectivity index (χ0) is 48.6. The van der Waals surface area contributed by atoms with Crippen LogP contribution in [0.1, 0.15) is 226 Å². The monoisotopic (exact) mass is 927 g/mol. The Kier molecular flexibility index (Phi) is 51.0. The first-order valence-electron chi connectivity index (χ1n) is 27.0. The van der Waals surface area contributed by atoms with Gasteiger partial charge in [-0.1, -0.05) is 226 Å². The van der Waals surface area contributed by atoms with Crippen molar-refractivity contribution in [1.29, 1.82) is 0 Å². The second kappa shape index (κ2) is 54.4. The third-order valence-electron chi connectivity index (χ3n) is 11.0. The average Bonchev–Trinajstić information content (AvgIpc) is 3.33. The molecular formula is C61H98O6. The highest BCUT2D eigenvalue weighted by Gasteiger charge is 2.19. The van der Waals surface area contributed by atoms with Crippen LogP contribution in [0, 0.1) is 0 Å². The van der Waals surface area contributed by atoms with Crippen LogP contribution in [0.3, 0.4) is 0 Å². The Labute approximate surface area is 412 Å². The first kappa shape index (κ1) is 62.8. The number of ether oxygens (including phenoxy) is 3. The number of unbranched alkanes of at least 4 members (excludes halogenated alkanes) is 16. The molecule has 378 valence electrons. The van der Waals surface area contributed by atoms with Gasteiger partial charge in [-0.05, 0) is 103 Å². The summed E-state index contributed by atoms with van der Waals surface area (Å²) in [5.74, 6) is -1.04. The van der Waals surface area contributed by atoms with Crippen LogP contribution in [-0.2, 0) is 28.6 Å². The summed E-state index contributed by atoms with van der Waals surface area (Å²) in [6.45, 7) is 6.39. The van der Waals surface area contributed by atoms with Gasteiger partial charge in [0.15, 0.2) is 6.10 Å². The number of esters is 3. The summed E-state index contributed by atoms with van der Waals surface area (Å²) in [5, 5.41) is 0. The van der Waals surface area contributed by atoms with E-state index in [-0.39, 0.29) is 31.6 Å². The average molecular weight is 927 g/mol. The van der Waals surface area contributed by atoms with Crippen molar-refractivity contribution in [1.82, 2.24) is 0 Å². The minimum atomic E-state index is -0.833. The number of hydrogen-bond donors (Lipinski definition) is 0. The molecule has 0 aromatic carbocycles. The van der Waals surface area contributed by atoms with Crippen molar-refractivity contribution < 1.29 is 28.6 Å². The lowest BCUT2D eigenvalue weighted by atomic mass is 10.1. The van der Waals surface area contributed by atoms with Gasteiger partial charge in [0, 0.05) is 19.3 Å². The normalized spacial score (nSPS) is 13.1. The van der Waals surface area contributed by atoms with Crippen molar-refractivity contribution in [3.05, 3.63) is 122 Å². The molecule has 6 heteroatoms. The maximum absolute atomic E-state index is 12.8. The van der Waals surface area contributed by atoms with Crippen molar-refractivity contribution in [2.24, 2.45) is 0 Å². The lowest BCUT2D eigenvalue weighted by molar-refractivity contribution is -0.166. The van der Waals surface area contributed by atoms with E-state index in [9.17, 15) is 14.4 Å². The van der Waals surface area contributed by atoms with Crippen LogP contribution in [0.2, 0.25) is 0 Å². The molecule has 0 rings (SSSR count). The number of hydrogen-bond acceptors (Lipinski definition) is 6. The molecular weight excluding hydrogens is 829 g/mol. The Hall–Kier alpha value is -4.19. The predicted molar refractivity (Wildman–Crippen MR) is 288 cm³/mol. The molecule has 1 atom stereocenters. The van der Waals surface area contributed by atoms with E-state index < -0.39 is 12.1 Å². The highest BCUT2D eigenvalue weighted by molar-refractivity contribution is 5.71. The van der Waals surface area contributed by atoms with Crippen molar-refractivity contribution in [2.45, 2.75) is 232 Å². The minimum Gasteiger partial charge on any atom is -0.462 e. The zero-order valence-corrected chi connectivity index (χ0v) is 43.1. The van der Waals surface area contributed by atoms with Gasteiger partial charge in [-0.2, -0.15) is 0 Å². The molecule has 0 fully saturated rings. The Morgan fingerprint density at radius 1 is 0.313 bits per heavy atom. The molecule has 0 aliphatic carbocycles. The Balaban J connectivity index is 4.56. The summed E-state index contributed by atoms with van der Waals surface area (Å²) >= 11 is 0.